The van der Waals surface area contributed by atoms with Crippen LogP contribution in [0.2, 0.25) is 10.0 Å². The minimum absolute atomic E-state index is 0.534. The first-order valence-corrected chi connectivity index (χ1v) is 6.74. The van der Waals surface area contributed by atoms with E-state index in [9.17, 15) is 0 Å². The number of nitriles is 1. The first-order chi connectivity index (χ1) is 9.65. The molecule has 0 spiro atoms. The van der Waals surface area contributed by atoms with Crippen LogP contribution in [0.15, 0.2) is 36.4 Å². The van der Waals surface area contributed by atoms with Crippen molar-refractivity contribution in [1.82, 2.24) is 9.97 Å². The zero-order valence-electron chi connectivity index (χ0n) is 10.3. The molecule has 0 bridgehead atoms. The summed E-state index contributed by atoms with van der Waals surface area (Å²) in [7, 11) is 0. The van der Waals surface area contributed by atoms with Gasteiger partial charge in [0, 0.05) is 6.42 Å². The van der Waals surface area contributed by atoms with E-state index in [2.05, 4.69) is 16.0 Å². The van der Waals surface area contributed by atoms with E-state index in [0.29, 0.717) is 22.0 Å². The number of fused-ring (bicyclic) bond motifs is 1. The molecule has 20 heavy (non-hydrogen) atoms. The van der Waals surface area contributed by atoms with Crippen molar-refractivity contribution < 1.29 is 0 Å². The molecule has 0 aliphatic heterocycles. The van der Waals surface area contributed by atoms with Crippen molar-refractivity contribution >= 4 is 34.2 Å². The average molecular weight is 302 g/mol. The Kier molecular flexibility index (Phi) is 3.35. The number of nitrogens with one attached hydrogen (secondary N) is 1. The van der Waals surface area contributed by atoms with Crippen molar-refractivity contribution in [3.05, 3.63) is 63.4 Å². The maximum absolute atomic E-state index is 8.88. The van der Waals surface area contributed by atoms with Crippen LogP contribution in [0.3, 0.4) is 0 Å². The Bertz CT molecular complexity index is 831. The zero-order chi connectivity index (χ0) is 14.1. The average Bonchev–Trinajstić information content (AvgIpc) is 2.84. The van der Waals surface area contributed by atoms with E-state index in [0.717, 1.165) is 22.4 Å². The lowest BCUT2D eigenvalue weighted by atomic mass is 10.1. The van der Waals surface area contributed by atoms with Crippen molar-refractivity contribution in [2.75, 3.05) is 0 Å². The minimum Gasteiger partial charge on any atom is -0.342 e. The van der Waals surface area contributed by atoms with Crippen LogP contribution in [0.1, 0.15) is 17.0 Å². The number of rotatable bonds is 2. The van der Waals surface area contributed by atoms with Crippen molar-refractivity contribution in [2.24, 2.45) is 0 Å². The Balaban J connectivity index is 1.94. The van der Waals surface area contributed by atoms with Gasteiger partial charge in [-0.25, -0.2) is 4.98 Å². The summed E-state index contributed by atoms with van der Waals surface area (Å²) in [6, 6.07) is 13.0. The van der Waals surface area contributed by atoms with Crippen molar-refractivity contribution in [1.29, 1.82) is 5.26 Å². The lowest BCUT2D eigenvalue weighted by molar-refractivity contribution is 1.04. The summed E-state index contributed by atoms with van der Waals surface area (Å²) >= 11 is 11.9. The molecule has 0 fully saturated rings. The summed E-state index contributed by atoms with van der Waals surface area (Å²) in [6.45, 7) is 0. The van der Waals surface area contributed by atoms with Crippen molar-refractivity contribution in [3.63, 3.8) is 0 Å². The van der Waals surface area contributed by atoms with Crippen LogP contribution >= 0.6 is 23.2 Å². The minimum atomic E-state index is 0.534. The lowest BCUT2D eigenvalue weighted by Gasteiger charge is -2.00. The van der Waals surface area contributed by atoms with Gasteiger partial charge in [-0.05, 0) is 35.9 Å². The number of imidazole rings is 1. The zero-order valence-corrected chi connectivity index (χ0v) is 11.8. The molecule has 1 N–H and O–H groups in total. The Morgan fingerprint density at radius 1 is 1.10 bits per heavy atom. The molecular weight excluding hydrogens is 293 g/mol. The fourth-order valence-corrected chi connectivity index (χ4v) is 2.38. The van der Waals surface area contributed by atoms with Crippen LogP contribution in [0.5, 0.6) is 0 Å². The molecule has 1 heterocycles. The molecule has 2 aromatic carbocycles. The molecular formula is C15H9Cl2N3. The molecule has 3 nitrogen and oxygen atoms in total. The molecule has 98 valence electrons. The van der Waals surface area contributed by atoms with Crippen LogP contribution < -0.4 is 0 Å². The third-order valence-corrected chi connectivity index (χ3v) is 3.75. The maximum atomic E-state index is 8.88. The second kappa shape index (κ2) is 5.16. The second-order valence-electron chi connectivity index (χ2n) is 4.45. The number of hydrogen-bond donors (Lipinski definition) is 1. The summed E-state index contributed by atoms with van der Waals surface area (Å²) in [4.78, 5) is 7.71. The van der Waals surface area contributed by atoms with Gasteiger partial charge in [0.25, 0.3) is 0 Å². The molecule has 0 aliphatic carbocycles. The molecule has 1 aromatic heterocycles. The van der Waals surface area contributed by atoms with E-state index in [1.807, 2.05) is 18.2 Å². The summed E-state index contributed by atoms with van der Waals surface area (Å²) < 4.78 is 0. The van der Waals surface area contributed by atoms with Crippen LogP contribution in [0.4, 0.5) is 0 Å². The Morgan fingerprint density at radius 2 is 1.95 bits per heavy atom. The Hall–Kier alpha value is -2.02. The molecule has 3 aromatic rings. The van der Waals surface area contributed by atoms with Crippen LogP contribution in [-0.2, 0) is 6.42 Å². The summed E-state index contributed by atoms with van der Waals surface area (Å²) in [5.74, 6) is 0.827. The van der Waals surface area contributed by atoms with E-state index < -0.39 is 0 Å². The third-order valence-electron chi connectivity index (χ3n) is 3.02. The molecule has 3 rings (SSSR count). The predicted molar refractivity (Wildman–Crippen MR) is 80.1 cm³/mol. The van der Waals surface area contributed by atoms with Gasteiger partial charge in [-0.2, -0.15) is 5.26 Å². The monoisotopic (exact) mass is 301 g/mol. The normalized spacial score (nSPS) is 10.7. The van der Waals surface area contributed by atoms with Gasteiger partial charge in [0.05, 0.1) is 32.7 Å². The standard InChI is InChI=1S/C15H9Cl2N3/c16-11-3-1-9(5-12(11)17)7-15-19-13-4-2-10(8-18)6-14(13)20-15/h1-6H,7H2,(H,19,20). The van der Waals surface area contributed by atoms with Gasteiger partial charge in [0.2, 0.25) is 0 Å². The quantitative estimate of drug-likeness (QED) is 0.766. The van der Waals surface area contributed by atoms with Crippen LogP contribution in [-0.4, -0.2) is 9.97 Å². The number of benzene rings is 2. The van der Waals surface area contributed by atoms with Gasteiger partial charge < -0.3 is 4.98 Å². The highest BCUT2D eigenvalue weighted by Crippen LogP contribution is 2.24. The third kappa shape index (κ3) is 2.49. The van der Waals surface area contributed by atoms with Crippen molar-refractivity contribution in [3.8, 4) is 6.07 Å². The largest absolute Gasteiger partial charge is 0.342 e. The maximum Gasteiger partial charge on any atom is 0.111 e. The van der Waals surface area contributed by atoms with Gasteiger partial charge in [-0.1, -0.05) is 29.3 Å². The molecule has 0 unspecified atom stereocenters. The van der Waals surface area contributed by atoms with E-state index >= 15 is 0 Å². The van der Waals surface area contributed by atoms with E-state index in [1.54, 1.807) is 18.2 Å². The van der Waals surface area contributed by atoms with Crippen LogP contribution in [0, 0.1) is 11.3 Å². The highest BCUT2D eigenvalue weighted by atomic mass is 35.5. The lowest BCUT2D eigenvalue weighted by Crippen LogP contribution is -1.90. The summed E-state index contributed by atoms with van der Waals surface area (Å²) in [6.07, 6.45) is 0.632. The first-order valence-electron chi connectivity index (χ1n) is 5.98. The molecule has 0 atom stereocenters. The number of H-pyrrole nitrogens is 1. The van der Waals surface area contributed by atoms with E-state index in [4.69, 9.17) is 28.5 Å². The SMILES string of the molecule is N#Cc1ccc2nc(Cc3ccc(Cl)c(Cl)c3)[nH]c2c1. The fraction of sp³-hybridized carbons (Fsp3) is 0.0667. The highest BCUT2D eigenvalue weighted by Gasteiger charge is 2.06. The van der Waals surface area contributed by atoms with E-state index in [1.165, 1.54) is 0 Å². The number of nitrogens with zero attached hydrogens (tertiary/aromatic N) is 2. The molecule has 0 radical (unpaired) electrons. The number of hydrogen-bond acceptors (Lipinski definition) is 2. The van der Waals surface area contributed by atoms with Gasteiger partial charge >= 0.3 is 0 Å². The number of aromatic amines is 1. The molecule has 0 amide bonds. The van der Waals surface area contributed by atoms with E-state index in [-0.39, 0.29) is 0 Å². The smallest absolute Gasteiger partial charge is 0.111 e. The fourth-order valence-electron chi connectivity index (χ4n) is 2.06. The molecule has 0 aliphatic rings. The van der Waals surface area contributed by atoms with Gasteiger partial charge in [0.15, 0.2) is 0 Å². The number of halogens is 2. The molecule has 0 saturated heterocycles. The molecule has 5 heteroatoms. The Morgan fingerprint density at radius 3 is 2.70 bits per heavy atom. The topological polar surface area (TPSA) is 52.5 Å². The predicted octanol–water partition coefficient (Wildman–Crippen LogP) is 4.33. The van der Waals surface area contributed by atoms with Gasteiger partial charge in [-0.15, -0.1) is 0 Å². The first kappa shape index (κ1) is 13.0. The van der Waals surface area contributed by atoms with Crippen LogP contribution in [0.25, 0.3) is 11.0 Å². The second-order valence-corrected chi connectivity index (χ2v) is 5.27. The molecule has 0 saturated carbocycles. The van der Waals surface area contributed by atoms with Crippen molar-refractivity contribution in [2.45, 2.75) is 6.42 Å². The highest BCUT2D eigenvalue weighted by molar-refractivity contribution is 6.42. The Labute approximate surface area is 125 Å². The van der Waals surface area contributed by atoms with Gasteiger partial charge in [0.1, 0.15) is 5.82 Å². The summed E-state index contributed by atoms with van der Waals surface area (Å²) in [5.41, 5.74) is 3.35. The number of aromatic nitrogens is 2. The summed E-state index contributed by atoms with van der Waals surface area (Å²) in [5, 5.41) is 9.96. The van der Waals surface area contributed by atoms with Gasteiger partial charge in [-0.3, -0.25) is 0 Å².